The molecule has 0 radical (unpaired) electrons. The average molecular weight is 366 g/mol. The number of nitrogens with one attached hydrogen (secondary N) is 1. The first kappa shape index (κ1) is 17.6. The summed E-state index contributed by atoms with van der Waals surface area (Å²) in [7, 11) is 0. The maximum Gasteiger partial charge on any atom is 0.315 e. The monoisotopic (exact) mass is 366 g/mol. The number of imidazole rings is 1. The average Bonchev–Trinajstić information content (AvgIpc) is 2.92. The predicted molar refractivity (Wildman–Crippen MR) is 92.7 cm³/mol. The molecular formula is C17H20F2N4OS. The maximum atomic E-state index is 13.9. The standard InChI is InChI=1S/C17H20F2N4OS/c1-2-22(16(20)24)9-13-8-21-17(25)23(13)12-3-4-14-10(6-12)5-11(18)7-15(14)19/h5,7-8,12H,2-4,6,9H2,1H3,(H2,20,24)(H,21,25)/t12-/m0/s1. The molecule has 25 heavy (non-hydrogen) atoms. The Labute approximate surface area is 149 Å². The van der Waals surface area contributed by atoms with Gasteiger partial charge in [0.1, 0.15) is 11.6 Å². The molecule has 1 atom stereocenters. The molecule has 1 aromatic carbocycles. The Bertz CT molecular complexity index is 861. The summed E-state index contributed by atoms with van der Waals surface area (Å²) in [4.78, 5) is 16.0. The summed E-state index contributed by atoms with van der Waals surface area (Å²) in [6.45, 7) is 2.66. The number of carbonyl (C=O) groups excluding carboxylic acids is 1. The van der Waals surface area contributed by atoms with Crippen LogP contribution in [0.1, 0.15) is 36.2 Å². The predicted octanol–water partition coefficient (Wildman–Crippen LogP) is 3.45. The zero-order chi connectivity index (χ0) is 18.1. The van der Waals surface area contributed by atoms with Gasteiger partial charge in [-0.25, -0.2) is 13.6 Å². The lowest BCUT2D eigenvalue weighted by molar-refractivity contribution is 0.206. The van der Waals surface area contributed by atoms with Crippen LogP contribution in [0.5, 0.6) is 0 Å². The van der Waals surface area contributed by atoms with Crippen LogP contribution >= 0.6 is 12.2 Å². The summed E-state index contributed by atoms with van der Waals surface area (Å²) < 4.78 is 30.0. The second-order valence-electron chi connectivity index (χ2n) is 6.23. The molecule has 3 N–H and O–H groups in total. The zero-order valence-corrected chi connectivity index (χ0v) is 14.7. The summed E-state index contributed by atoms with van der Waals surface area (Å²) in [5, 5.41) is 0. The molecule has 134 valence electrons. The topological polar surface area (TPSA) is 67.1 Å². The van der Waals surface area contributed by atoms with Crippen molar-refractivity contribution in [3.63, 3.8) is 0 Å². The molecule has 2 amide bonds. The molecule has 0 spiro atoms. The highest BCUT2D eigenvalue weighted by molar-refractivity contribution is 7.71. The number of nitrogens with two attached hydrogens (primary N) is 1. The van der Waals surface area contributed by atoms with E-state index < -0.39 is 17.7 Å². The van der Waals surface area contributed by atoms with Crippen LogP contribution in [0, 0.1) is 16.4 Å². The molecular weight excluding hydrogens is 346 g/mol. The lowest BCUT2D eigenvalue weighted by Crippen LogP contribution is -2.36. The number of H-pyrrole nitrogens is 1. The Morgan fingerprint density at radius 1 is 1.48 bits per heavy atom. The van der Waals surface area contributed by atoms with E-state index in [-0.39, 0.29) is 6.04 Å². The van der Waals surface area contributed by atoms with Crippen LogP contribution in [0.2, 0.25) is 0 Å². The van der Waals surface area contributed by atoms with Gasteiger partial charge >= 0.3 is 6.03 Å². The van der Waals surface area contributed by atoms with Crippen LogP contribution in [-0.4, -0.2) is 27.0 Å². The van der Waals surface area contributed by atoms with Gasteiger partial charge in [-0.1, -0.05) is 0 Å². The first-order chi connectivity index (χ1) is 11.9. The third kappa shape index (κ3) is 3.44. The summed E-state index contributed by atoms with van der Waals surface area (Å²) in [5.74, 6) is -1.06. The number of primary amides is 1. The van der Waals surface area contributed by atoms with Gasteiger partial charge in [0.2, 0.25) is 0 Å². The van der Waals surface area contributed by atoms with Gasteiger partial charge in [-0.05, 0) is 55.6 Å². The van der Waals surface area contributed by atoms with Gasteiger partial charge in [0.15, 0.2) is 4.77 Å². The first-order valence-corrected chi connectivity index (χ1v) is 8.61. The number of rotatable bonds is 4. The molecule has 5 nitrogen and oxygen atoms in total. The molecule has 0 fully saturated rings. The van der Waals surface area contributed by atoms with E-state index in [2.05, 4.69) is 4.98 Å². The molecule has 1 heterocycles. The van der Waals surface area contributed by atoms with Crippen LogP contribution in [0.4, 0.5) is 13.6 Å². The Morgan fingerprint density at radius 3 is 2.92 bits per heavy atom. The molecule has 0 saturated carbocycles. The van der Waals surface area contributed by atoms with Crippen LogP contribution < -0.4 is 5.73 Å². The second-order valence-corrected chi connectivity index (χ2v) is 6.62. The van der Waals surface area contributed by atoms with E-state index >= 15 is 0 Å². The van der Waals surface area contributed by atoms with E-state index in [9.17, 15) is 13.6 Å². The second kappa shape index (κ2) is 6.95. The fourth-order valence-corrected chi connectivity index (χ4v) is 3.81. The molecule has 8 heteroatoms. The van der Waals surface area contributed by atoms with E-state index in [1.165, 1.54) is 11.0 Å². The van der Waals surface area contributed by atoms with Gasteiger partial charge in [-0.3, -0.25) is 0 Å². The summed E-state index contributed by atoms with van der Waals surface area (Å²) in [6.07, 6.45) is 3.46. The van der Waals surface area contributed by atoms with Crippen LogP contribution in [0.25, 0.3) is 0 Å². The minimum absolute atomic E-state index is 0.0194. The summed E-state index contributed by atoms with van der Waals surface area (Å²) >= 11 is 5.38. The Balaban J connectivity index is 1.92. The normalized spacial score (nSPS) is 16.5. The van der Waals surface area contributed by atoms with Gasteiger partial charge in [0.05, 0.1) is 12.2 Å². The smallest absolute Gasteiger partial charge is 0.315 e. The van der Waals surface area contributed by atoms with Gasteiger partial charge in [-0.2, -0.15) is 0 Å². The Morgan fingerprint density at radius 2 is 2.24 bits per heavy atom. The quantitative estimate of drug-likeness (QED) is 0.814. The molecule has 0 aliphatic heterocycles. The van der Waals surface area contributed by atoms with Crippen LogP contribution in [-0.2, 0) is 19.4 Å². The van der Waals surface area contributed by atoms with E-state index in [4.69, 9.17) is 18.0 Å². The van der Waals surface area contributed by atoms with Crippen molar-refractivity contribution in [1.29, 1.82) is 0 Å². The fraction of sp³-hybridized carbons (Fsp3) is 0.412. The molecule has 0 unspecified atom stereocenters. The van der Waals surface area contributed by atoms with Crippen molar-refractivity contribution < 1.29 is 13.6 Å². The number of urea groups is 1. The number of benzene rings is 1. The van der Waals surface area contributed by atoms with Crippen molar-refractivity contribution in [2.75, 3.05) is 6.54 Å². The fourth-order valence-electron chi connectivity index (χ4n) is 3.48. The summed E-state index contributed by atoms with van der Waals surface area (Å²) in [5.41, 5.74) is 7.46. The Hall–Kier alpha value is -2.22. The highest BCUT2D eigenvalue weighted by atomic mass is 32.1. The third-order valence-electron chi connectivity index (χ3n) is 4.74. The molecule has 3 rings (SSSR count). The Kier molecular flexibility index (Phi) is 4.89. The first-order valence-electron chi connectivity index (χ1n) is 8.20. The number of hydrogen-bond donors (Lipinski definition) is 2. The van der Waals surface area contributed by atoms with Crippen LogP contribution in [0.15, 0.2) is 18.3 Å². The lowest BCUT2D eigenvalue weighted by Gasteiger charge is -2.28. The minimum Gasteiger partial charge on any atom is -0.351 e. The number of nitrogens with zero attached hydrogens (tertiary/aromatic N) is 2. The van der Waals surface area contributed by atoms with E-state index in [0.717, 1.165) is 11.8 Å². The number of amides is 2. The zero-order valence-electron chi connectivity index (χ0n) is 13.9. The maximum absolute atomic E-state index is 13.9. The number of aromatic amines is 1. The highest BCUT2D eigenvalue weighted by Crippen LogP contribution is 2.32. The van der Waals surface area contributed by atoms with Gasteiger partial charge in [0.25, 0.3) is 0 Å². The van der Waals surface area contributed by atoms with Crippen molar-refractivity contribution in [2.45, 2.75) is 38.8 Å². The van der Waals surface area contributed by atoms with E-state index in [1.54, 1.807) is 6.20 Å². The van der Waals surface area contributed by atoms with Crippen molar-refractivity contribution in [3.05, 3.63) is 51.6 Å². The van der Waals surface area contributed by atoms with Crippen molar-refractivity contribution in [1.82, 2.24) is 14.5 Å². The van der Waals surface area contributed by atoms with Gasteiger partial charge < -0.3 is 20.2 Å². The molecule has 0 saturated heterocycles. The molecule has 1 aliphatic rings. The number of halogens is 2. The van der Waals surface area contributed by atoms with E-state index in [0.29, 0.717) is 48.2 Å². The molecule has 1 aromatic heterocycles. The lowest BCUT2D eigenvalue weighted by atomic mass is 9.87. The van der Waals surface area contributed by atoms with Gasteiger partial charge in [-0.15, -0.1) is 0 Å². The van der Waals surface area contributed by atoms with Gasteiger partial charge in [0, 0.05) is 24.8 Å². The number of fused-ring (bicyclic) bond motifs is 1. The molecule has 0 bridgehead atoms. The largest absolute Gasteiger partial charge is 0.351 e. The van der Waals surface area contributed by atoms with E-state index in [1.807, 2.05) is 11.5 Å². The van der Waals surface area contributed by atoms with Crippen LogP contribution in [0.3, 0.4) is 0 Å². The third-order valence-corrected chi connectivity index (χ3v) is 5.05. The summed E-state index contributed by atoms with van der Waals surface area (Å²) in [6, 6.07) is 1.80. The molecule has 2 aromatic rings. The minimum atomic E-state index is -0.569. The number of carbonyl (C=O) groups is 1. The van der Waals surface area contributed by atoms with Crippen molar-refractivity contribution >= 4 is 18.2 Å². The number of hydrogen-bond acceptors (Lipinski definition) is 2. The SMILES string of the molecule is CCN(Cc1c[nH]c(=S)n1[C@H]1CCc2c(F)cc(F)cc2C1)C(N)=O. The highest BCUT2D eigenvalue weighted by Gasteiger charge is 2.26. The van der Waals surface area contributed by atoms with Crippen molar-refractivity contribution in [3.8, 4) is 0 Å². The number of aromatic nitrogens is 2. The molecule has 1 aliphatic carbocycles. The van der Waals surface area contributed by atoms with Crippen molar-refractivity contribution in [2.24, 2.45) is 5.73 Å².